The van der Waals surface area contributed by atoms with Crippen molar-refractivity contribution in [3.8, 4) is 0 Å². The summed E-state index contributed by atoms with van der Waals surface area (Å²) >= 11 is 5.74. The molecule has 0 bridgehead atoms. The number of anilines is 1. The number of hydrogen-bond donors (Lipinski definition) is 0. The van der Waals surface area contributed by atoms with Crippen molar-refractivity contribution in [3.63, 3.8) is 0 Å². The van der Waals surface area contributed by atoms with Crippen molar-refractivity contribution in [1.82, 2.24) is 4.98 Å². The molecule has 16 heavy (non-hydrogen) atoms. The highest BCUT2D eigenvalue weighted by atomic mass is 35.5. The van der Waals surface area contributed by atoms with E-state index in [9.17, 15) is 0 Å². The number of rotatable bonds is 5. The minimum absolute atomic E-state index is 0.724. The quantitative estimate of drug-likeness (QED) is 0.734. The number of aryl methyl sites for hydroxylation is 2. The fraction of sp³-hybridized carbons (Fsp3) is 0.615. The van der Waals surface area contributed by atoms with Crippen LogP contribution in [0.15, 0.2) is 12.1 Å². The zero-order valence-corrected chi connectivity index (χ0v) is 10.6. The summed E-state index contributed by atoms with van der Waals surface area (Å²) in [6.45, 7) is 4.18. The van der Waals surface area contributed by atoms with Crippen molar-refractivity contribution in [2.75, 3.05) is 23.9 Å². The maximum absolute atomic E-state index is 5.74. The molecule has 1 aromatic heterocycles. The Morgan fingerprint density at radius 3 is 3.00 bits per heavy atom. The zero-order valence-electron chi connectivity index (χ0n) is 9.88. The van der Waals surface area contributed by atoms with E-state index in [1.165, 1.54) is 24.1 Å². The smallest absolute Gasteiger partial charge is 0.128 e. The largest absolute Gasteiger partial charge is 0.357 e. The number of fused-ring (bicyclic) bond motifs is 1. The monoisotopic (exact) mass is 238 g/mol. The van der Waals surface area contributed by atoms with Crippen LogP contribution in [-0.4, -0.2) is 24.0 Å². The molecular formula is C13H19ClN2. The van der Waals surface area contributed by atoms with Gasteiger partial charge in [0.05, 0.1) is 0 Å². The van der Waals surface area contributed by atoms with Gasteiger partial charge in [-0.3, -0.25) is 0 Å². The summed E-state index contributed by atoms with van der Waals surface area (Å²) in [5.41, 5.74) is 2.75. The molecule has 0 saturated heterocycles. The Kier molecular flexibility index (Phi) is 4.05. The molecule has 88 valence electrons. The molecule has 0 radical (unpaired) electrons. The molecule has 0 fully saturated rings. The lowest BCUT2D eigenvalue weighted by molar-refractivity contribution is 0.777. The van der Waals surface area contributed by atoms with Crippen molar-refractivity contribution in [1.29, 1.82) is 0 Å². The Bertz CT molecular complexity index is 352. The number of nitrogens with zero attached hydrogens (tertiary/aromatic N) is 2. The van der Waals surface area contributed by atoms with Gasteiger partial charge in [-0.05, 0) is 44.2 Å². The molecule has 0 aromatic carbocycles. The highest BCUT2D eigenvalue weighted by Gasteiger charge is 2.14. The van der Waals surface area contributed by atoms with E-state index in [2.05, 4.69) is 24.0 Å². The summed E-state index contributed by atoms with van der Waals surface area (Å²) < 4.78 is 0. The first-order valence-electron chi connectivity index (χ1n) is 6.15. The SMILES string of the molecule is CCN(CCCCl)c1ccc2c(n1)CCC2. The summed E-state index contributed by atoms with van der Waals surface area (Å²) in [6, 6.07) is 4.40. The summed E-state index contributed by atoms with van der Waals surface area (Å²) in [4.78, 5) is 7.07. The van der Waals surface area contributed by atoms with E-state index in [4.69, 9.17) is 16.6 Å². The van der Waals surface area contributed by atoms with Gasteiger partial charge in [0.15, 0.2) is 0 Å². The number of pyridine rings is 1. The summed E-state index contributed by atoms with van der Waals surface area (Å²) in [5.74, 6) is 1.84. The number of aromatic nitrogens is 1. The van der Waals surface area contributed by atoms with Crippen LogP contribution in [0.4, 0.5) is 5.82 Å². The number of halogens is 1. The lowest BCUT2D eigenvalue weighted by atomic mass is 10.2. The first-order chi connectivity index (χ1) is 7.85. The van der Waals surface area contributed by atoms with Gasteiger partial charge >= 0.3 is 0 Å². The second-order valence-electron chi connectivity index (χ2n) is 4.25. The van der Waals surface area contributed by atoms with Crippen LogP contribution in [0.2, 0.25) is 0 Å². The molecule has 0 N–H and O–H groups in total. The number of alkyl halides is 1. The second kappa shape index (κ2) is 5.53. The Morgan fingerprint density at radius 1 is 1.38 bits per heavy atom. The molecular weight excluding hydrogens is 220 g/mol. The molecule has 0 aliphatic heterocycles. The van der Waals surface area contributed by atoms with E-state index >= 15 is 0 Å². The van der Waals surface area contributed by atoms with Gasteiger partial charge in [0.2, 0.25) is 0 Å². The van der Waals surface area contributed by atoms with Crippen molar-refractivity contribution in [2.45, 2.75) is 32.6 Å². The maximum Gasteiger partial charge on any atom is 0.128 e. The van der Waals surface area contributed by atoms with Gasteiger partial charge in [0, 0.05) is 24.7 Å². The van der Waals surface area contributed by atoms with Crippen LogP contribution in [0.3, 0.4) is 0 Å². The molecule has 0 unspecified atom stereocenters. The molecule has 1 aromatic rings. The molecule has 1 aliphatic rings. The van der Waals surface area contributed by atoms with Gasteiger partial charge in [-0.15, -0.1) is 11.6 Å². The van der Waals surface area contributed by atoms with Crippen molar-refractivity contribution in [2.24, 2.45) is 0 Å². The van der Waals surface area contributed by atoms with E-state index < -0.39 is 0 Å². The van der Waals surface area contributed by atoms with Crippen LogP contribution in [0.5, 0.6) is 0 Å². The summed E-state index contributed by atoms with van der Waals surface area (Å²) in [7, 11) is 0. The van der Waals surface area contributed by atoms with Crippen LogP contribution in [-0.2, 0) is 12.8 Å². The second-order valence-corrected chi connectivity index (χ2v) is 4.63. The van der Waals surface area contributed by atoms with Gasteiger partial charge < -0.3 is 4.90 Å². The predicted octanol–water partition coefficient (Wildman–Crippen LogP) is 3.03. The standard InChI is InChI=1S/C13H19ClN2/c1-2-16(10-4-9-14)13-8-7-11-5-3-6-12(11)15-13/h7-8H,2-6,9-10H2,1H3. The van der Waals surface area contributed by atoms with E-state index in [0.29, 0.717) is 0 Å². The molecule has 1 heterocycles. The zero-order chi connectivity index (χ0) is 11.4. The summed E-state index contributed by atoms with van der Waals surface area (Å²) in [6.07, 6.45) is 4.64. The highest BCUT2D eigenvalue weighted by molar-refractivity contribution is 6.17. The summed E-state index contributed by atoms with van der Waals surface area (Å²) in [5, 5.41) is 0. The molecule has 0 spiro atoms. The van der Waals surface area contributed by atoms with Crippen molar-refractivity contribution >= 4 is 17.4 Å². The normalized spacial score (nSPS) is 13.9. The lowest BCUT2D eigenvalue weighted by Crippen LogP contribution is -2.25. The molecule has 2 rings (SSSR count). The van der Waals surface area contributed by atoms with Crippen LogP contribution < -0.4 is 4.90 Å². The fourth-order valence-corrected chi connectivity index (χ4v) is 2.39. The van der Waals surface area contributed by atoms with Gasteiger partial charge in [-0.25, -0.2) is 4.98 Å². The minimum atomic E-state index is 0.724. The molecule has 0 saturated carbocycles. The Hall–Kier alpha value is -0.760. The third kappa shape index (κ3) is 2.49. The Labute approximate surface area is 103 Å². The van der Waals surface area contributed by atoms with Crippen LogP contribution in [0.1, 0.15) is 31.0 Å². The van der Waals surface area contributed by atoms with E-state index in [1.54, 1.807) is 0 Å². The highest BCUT2D eigenvalue weighted by Crippen LogP contribution is 2.23. The van der Waals surface area contributed by atoms with Gasteiger partial charge in [-0.2, -0.15) is 0 Å². The van der Waals surface area contributed by atoms with E-state index in [-0.39, 0.29) is 0 Å². The van der Waals surface area contributed by atoms with Crippen LogP contribution in [0, 0.1) is 0 Å². The fourth-order valence-electron chi connectivity index (χ4n) is 2.27. The third-order valence-electron chi connectivity index (χ3n) is 3.18. The predicted molar refractivity (Wildman–Crippen MR) is 69.5 cm³/mol. The Morgan fingerprint density at radius 2 is 2.25 bits per heavy atom. The topological polar surface area (TPSA) is 16.1 Å². The first-order valence-corrected chi connectivity index (χ1v) is 6.68. The minimum Gasteiger partial charge on any atom is -0.357 e. The lowest BCUT2D eigenvalue weighted by Gasteiger charge is -2.22. The van der Waals surface area contributed by atoms with Crippen molar-refractivity contribution < 1.29 is 0 Å². The van der Waals surface area contributed by atoms with Gasteiger partial charge in [0.25, 0.3) is 0 Å². The van der Waals surface area contributed by atoms with Gasteiger partial charge in [-0.1, -0.05) is 6.07 Å². The molecule has 1 aliphatic carbocycles. The molecule has 3 heteroatoms. The van der Waals surface area contributed by atoms with E-state index in [1.807, 2.05) is 0 Å². The van der Waals surface area contributed by atoms with E-state index in [0.717, 1.165) is 37.6 Å². The first kappa shape index (κ1) is 11.7. The van der Waals surface area contributed by atoms with Crippen LogP contribution in [0.25, 0.3) is 0 Å². The maximum atomic E-state index is 5.74. The molecule has 0 atom stereocenters. The average Bonchev–Trinajstić information content (AvgIpc) is 2.77. The van der Waals surface area contributed by atoms with Crippen molar-refractivity contribution in [3.05, 3.63) is 23.4 Å². The third-order valence-corrected chi connectivity index (χ3v) is 3.45. The molecule has 0 amide bonds. The average molecular weight is 239 g/mol. The number of hydrogen-bond acceptors (Lipinski definition) is 2. The molecule has 2 nitrogen and oxygen atoms in total. The van der Waals surface area contributed by atoms with Crippen LogP contribution >= 0.6 is 11.6 Å². The van der Waals surface area contributed by atoms with Gasteiger partial charge in [0.1, 0.15) is 5.82 Å². The Balaban J connectivity index is 2.12.